The lowest BCUT2D eigenvalue weighted by atomic mass is 9.93. The van der Waals surface area contributed by atoms with Gasteiger partial charge in [0, 0.05) is 43.2 Å². The molecular formula is C24H29ClN4O3. The third kappa shape index (κ3) is 5.15. The van der Waals surface area contributed by atoms with Crippen LogP contribution in [0.4, 0.5) is 4.79 Å². The lowest BCUT2D eigenvalue weighted by Gasteiger charge is -2.33. The molecule has 0 radical (unpaired) electrons. The molecule has 32 heavy (non-hydrogen) atoms. The highest BCUT2D eigenvalue weighted by Crippen LogP contribution is 2.29. The van der Waals surface area contributed by atoms with E-state index in [9.17, 15) is 4.79 Å². The summed E-state index contributed by atoms with van der Waals surface area (Å²) in [5.41, 5.74) is 2.51. The van der Waals surface area contributed by atoms with E-state index >= 15 is 0 Å². The molecule has 0 bridgehead atoms. The standard InChI is InChI=1S/C24H29ClN4O3/c1-24(2,3)32-23(30)29-12-10-17(11-13-29)19-6-5-7-21(26-19)31-15-16-8-9-18-20(14-16)28(4)27-22(18)25/h5-9,14,17H,10-13,15H2,1-4H3. The Hall–Kier alpha value is -2.80. The number of benzene rings is 1. The number of ether oxygens (including phenoxy) is 2. The molecule has 3 aromatic rings. The summed E-state index contributed by atoms with van der Waals surface area (Å²) in [6.45, 7) is 7.40. The number of carbonyl (C=O) groups excluding carboxylic acids is 1. The number of aryl methyl sites for hydroxylation is 1. The average Bonchev–Trinajstić information content (AvgIpc) is 3.04. The molecule has 1 aliphatic rings. The average molecular weight is 457 g/mol. The van der Waals surface area contributed by atoms with Crippen molar-refractivity contribution in [2.24, 2.45) is 7.05 Å². The van der Waals surface area contributed by atoms with Crippen LogP contribution in [0.15, 0.2) is 36.4 Å². The molecule has 1 amide bonds. The Morgan fingerprint density at radius 3 is 2.66 bits per heavy atom. The zero-order valence-electron chi connectivity index (χ0n) is 19.0. The number of likely N-dealkylation sites (tertiary alicyclic amines) is 1. The SMILES string of the molecule is Cn1nc(Cl)c2ccc(COc3cccc(C4CCN(C(=O)OC(C)(C)C)CC4)n3)cc21. The zero-order chi connectivity index (χ0) is 22.9. The Labute approximate surface area is 193 Å². The largest absolute Gasteiger partial charge is 0.473 e. The van der Waals surface area contributed by atoms with Crippen molar-refractivity contribution in [3.8, 4) is 5.88 Å². The predicted octanol–water partition coefficient (Wildman–Crippen LogP) is 5.32. The molecule has 8 heteroatoms. The van der Waals surface area contributed by atoms with Crippen LogP contribution in [-0.2, 0) is 18.4 Å². The van der Waals surface area contributed by atoms with E-state index in [4.69, 9.17) is 26.1 Å². The first-order valence-electron chi connectivity index (χ1n) is 10.9. The van der Waals surface area contributed by atoms with Crippen LogP contribution < -0.4 is 4.74 Å². The molecule has 170 valence electrons. The minimum Gasteiger partial charge on any atom is -0.473 e. The molecule has 2 aromatic heterocycles. The molecular weight excluding hydrogens is 428 g/mol. The first kappa shape index (κ1) is 22.4. The number of halogens is 1. The van der Waals surface area contributed by atoms with Crippen molar-refractivity contribution in [1.82, 2.24) is 19.7 Å². The van der Waals surface area contributed by atoms with Crippen molar-refractivity contribution in [1.29, 1.82) is 0 Å². The minimum atomic E-state index is -0.477. The molecule has 7 nitrogen and oxygen atoms in total. The van der Waals surface area contributed by atoms with Crippen LogP contribution in [0, 0.1) is 0 Å². The van der Waals surface area contributed by atoms with Gasteiger partial charge in [-0.05, 0) is 57.4 Å². The van der Waals surface area contributed by atoms with Crippen LogP contribution in [0.3, 0.4) is 0 Å². The molecule has 4 rings (SSSR count). The summed E-state index contributed by atoms with van der Waals surface area (Å²) in [7, 11) is 1.87. The highest BCUT2D eigenvalue weighted by atomic mass is 35.5. The van der Waals surface area contributed by atoms with Gasteiger partial charge in [0.25, 0.3) is 0 Å². The first-order chi connectivity index (χ1) is 15.2. The van der Waals surface area contributed by atoms with Gasteiger partial charge in [-0.25, -0.2) is 9.78 Å². The quantitative estimate of drug-likeness (QED) is 0.531. The van der Waals surface area contributed by atoms with Crippen LogP contribution in [-0.4, -0.2) is 44.4 Å². The number of piperidine rings is 1. The Balaban J connectivity index is 1.36. The van der Waals surface area contributed by atoms with Gasteiger partial charge in [0.05, 0.1) is 5.52 Å². The second-order valence-corrected chi connectivity index (χ2v) is 9.55. The van der Waals surface area contributed by atoms with Crippen molar-refractivity contribution in [3.05, 3.63) is 52.8 Å². The molecule has 0 N–H and O–H groups in total. The third-order valence-corrected chi connectivity index (χ3v) is 5.85. The Morgan fingerprint density at radius 1 is 1.19 bits per heavy atom. The van der Waals surface area contributed by atoms with E-state index in [-0.39, 0.29) is 6.09 Å². The van der Waals surface area contributed by atoms with Crippen molar-refractivity contribution in [3.63, 3.8) is 0 Å². The van der Waals surface area contributed by atoms with Gasteiger partial charge < -0.3 is 14.4 Å². The second-order valence-electron chi connectivity index (χ2n) is 9.20. The van der Waals surface area contributed by atoms with Crippen LogP contribution >= 0.6 is 11.6 Å². The number of hydrogen-bond donors (Lipinski definition) is 0. The number of amides is 1. The van der Waals surface area contributed by atoms with Crippen LogP contribution in [0.5, 0.6) is 5.88 Å². The van der Waals surface area contributed by atoms with Crippen molar-refractivity contribution in [2.75, 3.05) is 13.1 Å². The summed E-state index contributed by atoms with van der Waals surface area (Å²) < 4.78 is 13.2. The lowest BCUT2D eigenvalue weighted by Crippen LogP contribution is -2.41. The van der Waals surface area contributed by atoms with E-state index in [1.165, 1.54) is 0 Å². The van der Waals surface area contributed by atoms with Gasteiger partial charge in [-0.15, -0.1) is 0 Å². The van der Waals surface area contributed by atoms with Gasteiger partial charge in [0.15, 0.2) is 5.15 Å². The van der Waals surface area contributed by atoms with E-state index < -0.39 is 5.60 Å². The first-order valence-corrected chi connectivity index (χ1v) is 11.3. The monoisotopic (exact) mass is 456 g/mol. The van der Waals surface area contributed by atoms with E-state index in [1.54, 1.807) is 9.58 Å². The second kappa shape index (κ2) is 8.98. The lowest BCUT2D eigenvalue weighted by molar-refractivity contribution is 0.0204. The van der Waals surface area contributed by atoms with E-state index in [2.05, 4.69) is 5.10 Å². The predicted molar refractivity (Wildman–Crippen MR) is 124 cm³/mol. The Kier molecular flexibility index (Phi) is 6.29. The maximum Gasteiger partial charge on any atom is 0.410 e. The summed E-state index contributed by atoms with van der Waals surface area (Å²) in [6, 6.07) is 11.9. The van der Waals surface area contributed by atoms with Crippen LogP contribution in [0.2, 0.25) is 5.15 Å². The van der Waals surface area contributed by atoms with Gasteiger partial charge in [-0.3, -0.25) is 4.68 Å². The van der Waals surface area contributed by atoms with E-state index in [0.717, 1.165) is 35.0 Å². The molecule has 0 saturated carbocycles. The van der Waals surface area contributed by atoms with Crippen LogP contribution in [0.25, 0.3) is 10.9 Å². The smallest absolute Gasteiger partial charge is 0.410 e. The number of nitrogens with zero attached hydrogens (tertiary/aromatic N) is 4. The Bertz CT molecular complexity index is 1110. The molecule has 1 fully saturated rings. The molecule has 3 heterocycles. The Morgan fingerprint density at radius 2 is 1.94 bits per heavy atom. The maximum atomic E-state index is 12.3. The summed E-state index contributed by atoms with van der Waals surface area (Å²) >= 11 is 6.15. The normalized spacial score (nSPS) is 15.2. The van der Waals surface area contributed by atoms with Gasteiger partial charge in [-0.1, -0.05) is 23.7 Å². The molecule has 1 aliphatic heterocycles. The molecule has 1 saturated heterocycles. The third-order valence-electron chi connectivity index (χ3n) is 5.57. The maximum absolute atomic E-state index is 12.3. The van der Waals surface area contributed by atoms with E-state index in [0.29, 0.717) is 36.6 Å². The summed E-state index contributed by atoms with van der Waals surface area (Å²) in [5.74, 6) is 0.894. The van der Waals surface area contributed by atoms with Crippen LogP contribution in [0.1, 0.15) is 50.8 Å². The van der Waals surface area contributed by atoms with Gasteiger partial charge in [0.2, 0.25) is 5.88 Å². The van der Waals surface area contributed by atoms with Crippen molar-refractivity contribution in [2.45, 2.75) is 51.7 Å². The molecule has 0 atom stereocenters. The van der Waals surface area contributed by atoms with Crippen molar-refractivity contribution >= 4 is 28.6 Å². The zero-order valence-corrected chi connectivity index (χ0v) is 19.7. The highest BCUT2D eigenvalue weighted by molar-refractivity contribution is 6.34. The van der Waals surface area contributed by atoms with Crippen molar-refractivity contribution < 1.29 is 14.3 Å². The highest BCUT2D eigenvalue weighted by Gasteiger charge is 2.28. The number of aromatic nitrogens is 3. The summed E-state index contributed by atoms with van der Waals surface area (Å²) in [5, 5.41) is 5.67. The molecule has 0 unspecified atom stereocenters. The summed E-state index contributed by atoms with van der Waals surface area (Å²) in [6.07, 6.45) is 1.47. The van der Waals surface area contributed by atoms with Gasteiger partial charge >= 0.3 is 6.09 Å². The minimum absolute atomic E-state index is 0.243. The number of rotatable bonds is 4. The molecule has 0 aliphatic carbocycles. The summed E-state index contributed by atoms with van der Waals surface area (Å²) in [4.78, 5) is 18.8. The number of hydrogen-bond acceptors (Lipinski definition) is 5. The number of pyridine rings is 1. The topological polar surface area (TPSA) is 69.5 Å². The fourth-order valence-corrected chi connectivity index (χ4v) is 4.20. The fraction of sp³-hybridized carbons (Fsp3) is 0.458. The fourth-order valence-electron chi connectivity index (χ4n) is 3.93. The molecule has 1 aromatic carbocycles. The van der Waals surface area contributed by atoms with Gasteiger partial charge in [0.1, 0.15) is 12.2 Å². The van der Waals surface area contributed by atoms with E-state index in [1.807, 2.05) is 64.2 Å². The molecule has 0 spiro atoms. The van der Waals surface area contributed by atoms with Gasteiger partial charge in [-0.2, -0.15) is 5.10 Å². The number of fused-ring (bicyclic) bond motifs is 1. The number of carbonyl (C=O) groups is 1.